The zero-order valence-corrected chi connectivity index (χ0v) is 11.2. The van der Waals surface area contributed by atoms with Gasteiger partial charge in [0, 0.05) is 0 Å². The average Bonchev–Trinajstić information content (AvgIpc) is 2.74. The van der Waals surface area contributed by atoms with E-state index in [1.54, 1.807) is 0 Å². The van der Waals surface area contributed by atoms with E-state index in [0.29, 0.717) is 11.8 Å². The highest BCUT2D eigenvalue weighted by Crippen LogP contribution is 2.42. The van der Waals surface area contributed by atoms with E-state index in [2.05, 4.69) is 26.0 Å². The second-order valence-corrected chi connectivity index (χ2v) is 5.68. The van der Waals surface area contributed by atoms with Crippen LogP contribution >= 0.6 is 0 Å². The molecule has 0 saturated heterocycles. The van der Waals surface area contributed by atoms with E-state index in [-0.39, 0.29) is 18.0 Å². The lowest BCUT2D eigenvalue weighted by Crippen LogP contribution is -2.31. The lowest BCUT2D eigenvalue weighted by atomic mass is 9.76. The summed E-state index contributed by atoms with van der Waals surface area (Å²) in [4.78, 5) is 11.7. The Bertz CT molecular complexity index is 376. The summed E-state index contributed by atoms with van der Waals surface area (Å²) in [5, 5.41) is 0. The Hall–Kier alpha value is -1.05. The van der Waals surface area contributed by atoms with E-state index in [1.807, 2.05) is 13.8 Å². The number of ether oxygens (including phenoxy) is 1. The summed E-state index contributed by atoms with van der Waals surface area (Å²) >= 11 is 0. The third-order valence-electron chi connectivity index (χ3n) is 4.03. The molecule has 0 aromatic carbocycles. The van der Waals surface area contributed by atoms with Crippen molar-refractivity contribution in [1.82, 2.24) is 0 Å². The minimum atomic E-state index is -0.0809. The van der Waals surface area contributed by atoms with E-state index >= 15 is 0 Å². The molecule has 0 aromatic heterocycles. The first kappa shape index (κ1) is 12.4. The average molecular weight is 234 g/mol. The van der Waals surface area contributed by atoms with Crippen LogP contribution < -0.4 is 0 Å². The molecule has 0 bridgehead atoms. The molecule has 17 heavy (non-hydrogen) atoms. The first-order chi connectivity index (χ1) is 8.00. The zero-order chi connectivity index (χ0) is 12.6. The summed E-state index contributed by atoms with van der Waals surface area (Å²) in [6.45, 7) is 8.15. The van der Waals surface area contributed by atoms with E-state index in [4.69, 9.17) is 4.74 Å². The van der Waals surface area contributed by atoms with Crippen LogP contribution in [0.1, 0.15) is 40.5 Å². The Morgan fingerprint density at radius 3 is 2.82 bits per heavy atom. The summed E-state index contributed by atoms with van der Waals surface area (Å²) in [5.41, 5.74) is 2.67. The van der Waals surface area contributed by atoms with Gasteiger partial charge in [-0.1, -0.05) is 32.9 Å². The molecule has 2 aliphatic rings. The summed E-state index contributed by atoms with van der Waals surface area (Å²) < 4.78 is 5.61. The van der Waals surface area contributed by atoms with Crippen LogP contribution in [0.5, 0.6) is 0 Å². The molecule has 2 aliphatic carbocycles. The fourth-order valence-electron chi connectivity index (χ4n) is 2.83. The zero-order valence-electron chi connectivity index (χ0n) is 11.2. The van der Waals surface area contributed by atoms with Gasteiger partial charge in [-0.15, -0.1) is 0 Å². The maximum atomic E-state index is 11.7. The fraction of sp³-hybridized carbons (Fsp3) is 0.667. The van der Waals surface area contributed by atoms with Gasteiger partial charge in [-0.05, 0) is 42.7 Å². The van der Waals surface area contributed by atoms with Crippen LogP contribution in [0, 0.1) is 17.8 Å². The number of hydrogen-bond acceptors (Lipinski definition) is 2. The van der Waals surface area contributed by atoms with Crippen LogP contribution in [0.4, 0.5) is 0 Å². The molecule has 3 unspecified atom stereocenters. The normalized spacial score (nSPS) is 31.9. The fourth-order valence-corrected chi connectivity index (χ4v) is 2.83. The highest BCUT2D eigenvalue weighted by molar-refractivity contribution is 5.72. The van der Waals surface area contributed by atoms with E-state index in [9.17, 15) is 4.79 Å². The van der Waals surface area contributed by atoms with Crippen molar-refractivity contribution in [2.75, 3.05) is 0 Å². The maximum absolute atomic E-state index is 11.7. The maximum Gasteiger partial charge on any atom is 0.308 e. The summed E-state index contributed by atoms with van der Waals surface area (Å²) in [5.74, 6) is 1.14. The Morgan fingerprint density at radius 1 is 1.47 bits per heavy atom. The second kappa shape index (κ2) is 4.67. The molecule has 0 N–H and O–H groups in total. The number of allylic oxidation sites excluding steroid dienone is 3. The van der Waals surface area contributed by atoms with Gasteiger partial charge in [-0.25, -0.2) is 0 Å². The third kappa shape index (κ3) is 2.31. The lowest BCUT2D eigenvalue weighted by molar-refractivity contribution is -0.152. The first-order valence-electron chi connectivity index (χ1n) is 6.58. The molecule has 2 nitrogen and oxygen atoms in total. The molecule has 0 radical (unpaired) electrons. The van der Waals surface area contributed by atoms with Gasteiger partial charge in [0.1, 0.15) is 6.10 Å². The molecule has 2 rings (SSSR count). The van der Waals surface area contributed by atoms with Crippen LogP contribution in [0.25, 0.3) is 0 Å². The van der Waals surface area contributed by atoms with Gasteiger partial charge in [-0.2, -0.15) is 0 Å². The molecule has 0 aromatic rings. The van der Waals surface area contributed by atoms with Gasteiger partial charge in [0.2, 0.25) is 0 Å². The summed E-state index contributed by atoms with van der Waals surface area (Å²) in [6.07, 6.45) is 6.58. The highest BCUT2D eigenvalue weighted by atomic mass is 16.5. The SMILES string of the molecule is CC1=C2C=CCC2C(C)CC1OC(=O)C(C)C. The summed E-state index contributed by atoms with van der Waals surface area (Å²) in [6, 6.07) is 0. The quantitative estimate of drug-likeness (QED) is 0.684. The number of rotatable bonds is 2. The van der Waals surface area contributed by atoms with E-state index in [1.165, 1.54) is 11.1 Å². The minimum absolute atomic E-state index is 0.00565. The van der Waals surface area contributed by atoms with Crippen molar-refractivity contribution in [2.45, 2.75) is 46.6 Å². The molecule has 0 aliphatic heterocycles. The largest absolute Gasteiger partial charge is 0.458 e. The van der Waals surface area contributed by atoms with Crippen molar-refractivity contribution in [1.29, 1.82) is 0 Å². The molecule has 0 saturated carbocycles. The minimum Gasteiger partial charge on any atom is -0.458 e. The van der Waals surface area contributed by atoms with Gasteiger partial charge < -0.3 is 4.74 Å². The molecular formula is C15H22O2. The monoisotopic (exact) mass is 234 g/mol. The molecular weight excluding hydrogens is 212 g/mol. The predicted molar refractivity (Wildman–Crippen MR) is 68.4 cm³/mol. The molecule has 0 fully saturated rings. The predicted octanol–water partition coefficient (Wildman–Crippen LogP) is 3.49. The van der Waals surface area contributed by atoms with Crippen LogP contribution in [-0.4, -0.2) is 12.1 Å². The Morgan fingerprint density at radius 2 is 2.18 bits per heavy atom. The van der Waals surface area contributed by atoms with Gasteiger partial charge >= 0.3 is 5.97 Å². The smallest absolute Gasteiger partial charge is 0.308 e. The van der Waals surface area contributed by atoms with Crippen molar-refractivity contribution in [3.05, 3.63) is 23.3 Å². The van der Waals surface area contributed by atoms with Gasteiger partial charge in [-0.3, -0.25) is 4.79 Å². The molecule has 2 heteroatoms. The number of carbonyl (C=O) groups excluding carboxylic acids is 1. The van der Waals surface area contributed by atoms with E-state index < -0.39 is 0 Å². The molecule has 0 amide bonds. The number of carbonyl (C=O) groups is 1. The lowest BCUT2D eigenvalue weighted by Gasteiger charge is -2.34. The van der Waals surface area contributed by atoms with Crippen LogP contribution in [0.2, 0.25) is 0 Å². The van der Waals surface area contributed by atoms with Crippen LogP contribution in [0.15, 0.2) is 23.3 Å². The number of esters is 1. The molecule has 94 valence electrons. The van der Waals surface area contributed by atoms with Crippen molar-refractivity contribution in [3.8, 4) is 0 Å². The standard InChI is InChI=1S/C15H22O2/c1-9(2)15(16)17-14-8-10(3)12-6-5-7-13(12)11(14)4/h5,7,9-10,12,14H,6,8H2,1-4H3. The van der Waals surface area contributed by atoms with Crippen molar-refractivity contribution < 1.29 is 9.53 Å². The highest BCUT2D eigenvalue weighted by Gasteiger charge is 2.35. The topological polar surface area (TPSA) is 26.3 Å². The second-order valence-electron chi connectivity index (χ2n) is 5.68. The number of hydrogen-bond donors (Lipinski definition) is 0. The van der Waals surface area contributed by atoms with Crippen molar-refractivity contribution in [3.63, 3.8) is 0 Å². The Kier molecular flexibility index (Phi) is 3.41. The molecule has 3 atom stereocenters. The van der Waals surface area contributed by atoms with Gasteiger partial charge in [0.05, 0.1) is 5.92 Å². The van der Waals surface area contributed by atoms with Crippen LogP contribution in [-0.2, 0) is 9.53 Å². The third-order valence-corrected chi connectivity index (χ3v) is 4.03. The Labute approximate surface area is 104 Å². The van der Waals surface area contributed by atoms with Gasteiger partial charge in [0.25, 0.3) is 0 Å². The van der Waals surface area contributed by atoms with Crippen molar-refractivity contribution >= 4 is 5.97 Å². The van der Waals surface area contributed by atoms with E-state index in [0.717, 1.165) is 12.8 Å². The van der Waals surface area contributed by atoms with Crippen molar-refractivity contribution in [2.24, 2.45) is 17.8 Å². The summed E-state index contributed by atoms with van der Waals surface area (Å²) in [7, 11) is 0. The molecule has 0 spiro atoms. The Balaban J connectivity index is 2.16. The first-order valence-corrected chi connectivity index (χ1v) is 6.58. The van der Waals surface area contributed by atoms with Crippen LogP contribution in [0.3, 0.4) is 0 Å². The number of fused-ring (bicyclic) bond motifs is 1. The molecule has 0 heterocycles. The van der Waals surface area contributed by atoms with Gasteiger partial charge in [0.15, 0.2) is 0 Å².